The van der Waals surface area contributed by atoms with Crippen LogP contribution in [0.3, 0.4) is 0 Å². The van der Waals surface area contributed by atoms with Crippen molar-refractivity contribution in [1.82, 2.24) is 25.3 Å². The summed E-state index contributed by atoms with van der Waals surface area (Å²) < 4.78 is 36.6. The molecule has 4 N–H and O–H groups in total. The number of H-pyrrole nitrogens is 1. The van der Waals surface area contributed by atoms with Gasteiger partial charge in [0.2, 0.25) is 5.95 Å². The van der Waals surface area contributed by atoms with Gasteiger partial charge in [-0.1, -0.05) is 0 Å². The summed E-state index contributed by atoms with van der Waals surface area (Å²) in [6.07, 6.45) is 1.55. The summed E-state index contributed by atoms with van der Waals surface area (Å²) in [6, 6.07) is 6.10. The number of hydroxylamine groups is 1. The van der Waals surface area contributed by atoms with E-state index >= 15 is 0 Å². The van der Waals surface area contributed by atoms with Gasteiger partial charge in [0, 0.05) is 37.9 Å². The molecule has 4 rings (SSSR count). The molecule has 0 atom stereocenters. The van der Waals surface area contributed by atoms with Crippen molar-refractivity contribution in [2.75, 3.05) is 43.0 Å². The van der Waals surface area contributed by atoms with Gasteiger partial charge in [0.25, 0.3) is 0 Å². The minimum absolute atomic E-state index is 0.160. The summed E-state index contributed by atoms with van der Waals surface area (Å²) >= 11 is 0. The number of sulfone groups is 1. The van der Waals surface area contributed by atoms with Gasteiger partial charge >= 0.3 is 0 Å². The lowest BCUT2D eigenvalue weighted by Gasteiger charge is -2.26. The lowest BCUT2D eigenvalue weighted by molar-refractivity contribution is 0.235. The number of aromatic amines is 1. The molecular formula is C20H24FN7O3S. The van der Waals surface area contributed by atoms with E-state index in [0.29, 0.717) is 60.1 Å². The number of hydrogen-bond donors (Lipinski definition) is 4. The number of halogens is 1. The molecule has 1 aliphatic heterocycles. The van der Waals surface area contributed by atoms with Crippen LogP contribution in [0.1, 0.15) is 11.1 Å². The molecule has 2 aromatic heterocycles. The second kappa shape index (κ2) is 9.18. The number of nitrogens with one attached hydrogen (secondary N) is 3. The molecule has 0 radical (unpaired) electrons. The van der Waals surface area contributed by atoms with Crippen LogP contribution in [-0.2, 0) is 9.84 Å². The third kappa shape index (κ3) is 5.03. The van der Waals surface area contributed by atoms with Gasteiger partial charge < -0.3 is 10.3 Å². The Bertz CT molecular complexity index is 1250. The number of aryl methyl sites for hydroxylation is 1. The van der Waals surface area contributed by atoms with E-state index in [-0.39, 0.29) is 23.2 Å². The van der Waals surface area contributed by atoms with Gasteiger partial charge in [-0.3, -0.25) is 15.6 Å². The molecule has 32 heavy (non-hydrogen) atoms. The Kier molecular flexibility index (Phi) is 6.35. The molecule has 1 fully saturated rings. The first-order chi connectivity index (χ1) is 15.3. The predicted molar refractivity (Wildman–Crippen MR) is 120 cm³/mol. The molecule has 1 aliphatic rings. The largest absolute Gasteiger partial charge is 0.354 e. The van der Waals surface area contributed by atoms with E-state index in [1.807, 2.05) is 0 Å². The number of fused-ring (bicyclic) bond motifs is 1. The number of imidazole rings is 1. The van der Waals surface area contributed by atoms with Crippen molar-refractivity contribution in [3.8, 4) is 0 Å². The Morgan fingerprint density at radius 2 is 2.09 bits per heavy atom. The van der Waals surface area contributed by atoms with Gasteiger partial charge in [-0.25, -0.2) is 22.8 Å². The Morgan fingerprint density at radius 3 is 2.81 bits per heavy atom. The molecule has 0 spiro atoms. The van der Waals surface area contributed by atoms with Gasteiger partial charge in [0.1, 0.15) is 5.82 Å². The molecule has 1 aromatic carbocycles. The first-order valence-electron chi connectivity index (χ1n) is 10.1. The number of benzene rings is 1. The fraction of sp³-hybridized carbons (Fsp3) is 0.350. The van der Waals surface area contributed by atoms with Crippen LogP contribution in [0.25, 0.3) is 11.2 Å². The van der Waals surface area contributed by atoms with Crippen LogP contribution in [0.15, 0.2) is 35.5 Å². The highest BCUT2D eigenvalue weighted by atomic mass is 32.2. The number of pyridine rings is 1. The van der Waals surface area contributed by atoms with E-state index in [2.05, 4.69) is 35.6 Å². The molecule has 170 valence electrons. The number of amidine groups is 1. The lowest BCUT2D eigenvalue weighted by Crippen LogP contribution is -2.42. The molecule has 1 saturated heterocycles. The van der Waals surface area contributed by atoms with Crippen molar-refractivity contribution in [2.45, 2.75) is 6.92 Å². The molecule has 3 heterocycles. The van der Waals surface area contributed by atoms with Crippen LogP contribution in [-0.4, -0.2) is 77.0 Å². The zero-order valence-electron chi connectivity index (χ0n) is 17.5. The number of anilines is 1. The van der Waals surface area contributed by atoms with Crippen molar-refractivity contribution in [3.05, 3.63) is 47.4 Å². The number of hydrogen-bond acceptors (Lipinski definition) is 8. The number of aliphatic imine (C=N–C) groups is 1. The Morgan fingerprint density at radius 1 is 1.31 bits per heavy atom. The zero-order chi connectivity index (χ0) is 22.7. The molecule has 0 saturated carbocycles. The Balaban J connectivity index is 1.50. The molecule has 0 aliphatic carbocycles. The highest BCUT2D eigenvalue weighted by molar-refractivity contribution is 7.91. The highest BCUT2D eigenvalue weighted by Gasteiger charge is 2.21. The maximum absolute atomic E-state index is 13.5. The summed E-state index contributed by atoms with van der Waals surface area (Å²) in [5.41, 5.74) is 4.57. The molecule has 0 unspecified atom stereocenters. The molecular weight excluding hydrogens is 437 g/mol. The first-order valence-corrected chi connectivity index (χ1v) is 11.9. The normalized spacial score (nSPS) is 16.9. The maximum atomic E-state index is 13.5. The van der Waals surface area contributed by atoms with E-state index in [1.54, 1.807) is 25.3 Å². The zero-order valence-corrected chi connectivity index (χ0v) is 18.3. The van der Waals surface area contributed by atoms with Crippen LogP contribution < -0.4 is 10.8 Å². The minimum Gasteiger partial charge on any atom is -0.354 e. The summed E-state index contributed by atoms with van der Waals surface area (Å²) in [5.74, 6) is 0.709. The van der Waals surface area contributed by atoms with Gasteiger partial charge in [0.05, 0.1) is 22.7 Å². The van der Waals surface area contributed by atoms with E-state index in [0.717, 1.165) is 0 Å². The van der Waals surface area contributed by atoms with Crippen molar-refractivity contribution in [2.24, 2.45) is 4.99 Å². The van der Waals surface area contributed by atoms with Crippen LogP contribution in [0.5, 0.6) is 0 Å². The Labute approximate surface area is 184 Å². The predicted octanol–water partition coefficient (Wildman–Crippen LogP) is 1.60. The highest BCUT2D eigenvalue weighted by Crippen LogP contribution is 2.21. The summed E-state index contributed by atoms with van der Waals surface area (Å²) in [7, 11) is -2.90. The third-order valence-electron chi connectivity index (χ3n) is 5.29. The van der Waals surface area contributed by atoms with E-state index in [4.69, 9.17) is 0 Å². The SMILES string of the molecule is Cc1cc(N=C(NO)c2ccnc3nc(NCCN4CCS(=O)(=O)CC4)[nH]c23)ccc1F. The average Bonchev–Trinajstić information content (AvgIpc) is 3.19. The third-order valence-corrected chi connectivity index (χ3v) is 6.90. The van der Waals surface area contributed by atoms with E-state index in [1.165, 1.54) is 12.1 Å². The van der Waals surface area contributed by atoms with Gasteiger partial charge in [-0.05, 0) is 36.8 Å². The van der Waals surface area contributed by atoms with E-state index < -0.39 is 9.84 Å². The summed E-state index contributed by atoms with van der Waals surface area (Å²) in [6.45, 7) is 3.95. The van der Waals surface area contributed by atoms with Crippen molar-refractivity contribution in [1.29, 1.82) is 0 Å². The maximum Gasteiger partial charge on any atom is 0.202 e. The minimum atomic E-state index is -2.90. The number of aromatic nitrogens is 3. The topological polar surface area (TPSA) is 136 Å². The van der Waals surface area contributed by atoms with Crippen LogP contribution in [0, 0.1) is 12.7 Å². The van der Waals surface area contributed by atoms with Crippen molar-refractivity contribution >= 4 is 38.5 Å². The van der Waals surface area contributed by atoms with Gasteiger partial charge in [-0.15, -0.1) is 0 Å². The van der Waals surface area contributed by atoms with Crippen LogP contribution >= 0.6 is 0 Å². The lowest BCUT2D eigenvalue weighted by atomic mass is 10.2. The van der Waals surface area contributed by atoms with Gasteiger partial charge in [-0.2, -0.15) is 4.98 Å². The molecule has 10 nitrogen and oxygen atoms in total. The standard InChI is InChI=1S/C20H24FN7O3S/c1-13-12-14(2-3-16(13)21)24-18(27-29)15-4-5-22-19-17(15)25-20(26-19)23-6-7-28-8-10-32(30,31)11-9-28/h2-5,12,29H,6-11H2,1H3,(H,24,27)(H2,22,23,25,26). The van der Waals surface area contributed by atoms with Crippen LogP contribution in [0.2, 0.25) is 0 Å². The molecule has 0 bridgehead atoms. The van der Waals surface area contributed by atoms with E-state index in [9.17, 15) is 18.0 Å². The van der Waals surface area contributed by atoms with Crippen LogP contribution in [0.4, 0.5) is 16.0 Å². The van der Waals surface area contributed by atoms with Crippen molar-refractivity contribution < 1.29 is 18.0 Å². The molecule has 3 aromatic rings. The Hall–Kier alpha value is -3.09. The monoisotopic (exact) mass is 461 g/mol. The second-order valence-electron chi connectivity index (χ2n) is 7.57. The average molecular weight is 462 g/mol. The quantitative estimate of drug-likeness (QED) is 0.247. The first kappa shape index (κ1) is 22.1. The smallest absolute Gasteiger partial charge is 0.202 e. The molecule has 0 amide bonds. The van der Waals surface area contributed by atoms with Gasteiger partial charge in [0.15, 0.2) is 21.3 Å². The fourth-order valence-corrected chi connectivity index (χ4v) is 4.75. The second-order valence-corrected chi connectivity index (χ2v) is 9.87. The summed E-state index contributed by atoms with van der Waals surface area (Å²) in [5, 5.41) is 12.9. The number of nitrogens with zero attached hydrogens (tertiary/aromatic N) is 4. The fourth-order valence-electron chi connectivity index (χ4n) is 3.47. The molecule has 12 heteroatoms. The summed E-state index contributed by atoms with van der Waals surface area (Å²) in [4.78, 5) is 18.3. The van der Waals surface area contributed by atoms with Crippen molar-refractivity contribution in [3.63, 3.8) is 0 Å². The number of rotatable bonds is 6.